The molecule has 0 bridgehead atoms. The SMILES string of the molecule is CCS(=O)(=O)NCCCNC(=NC)NCCOc1ccccc1. The van der Waals surface area contributed by atoms with Gasteiger partial charge in [0.1, 0.15) is 12.4 Å². The number of ether oxygens (including phenoxy) is 1. The Morgan fingerprint density at radius 2 is 1.83 bits per heavy atom. The molecule has 0 fully saturated rings. The van der Waals surface area contributed by atoms with E-state index in [1.807, 2.05) is 30.3 Å². The molecular formula is C15H26N4O3S. The van der Waals surface area contributed by atoms with Crippen LogP contribution in [-0.4, -0.2) is 53.4 Å². The Morgan fingerprint density at radius 1 is 1.13 bits per heavy atom. The molecular weight excluding hydrogens is 316 g/mol. The molecule has 8 heteroatoms. The number of benzene rings is 1. The van der Waals surface area contributed by atoms with Gasteiger partial charge in [0.05, 0.1) is 12.3 Å². The molecule has 1 aromatic rings. The third-order valence-electron chi connectivity index (χ3n) is 2.98. The molecule has 0 spiro atoms. The molecule has 0 aliphatic carbocycles. The summed E-state index contributed by atoms with van der Waals surface area (Å²) in [4.78, 5) is 4.10. The average Bonchev–Trinajstić information content (AvgIpc) is 2.57. The summed E-state index contributed by atoms with van der Waals surface area (Å²) in [6.07, 6.45) is 0.681. The molecule has 0 aromatic heterocycles. The highest BCUT2D eigenvalue weighted by Crippen LogP contribution is 2.07. The Hall–Kier alpha value is -1.80. The second-order valence-electron chi connectivity index (χ2n) is 4.74. The normalized spacial score (nSPS) is 12.0. The summed E-state index contributed by atoms with van der Waals surface area (Å²) < 4.78 is 30.6. The van der Waals surface area contributed by atoms with Crippen LogP contribution in [0.2, 0.25) is 0 Å². The average molecular weight is 342 g/mol. The maximum absolute atomic E-state index is 11.3. The van der Waals surface area contributed by atoms with E-state index in [9.17, 15) is 8.42 Å². The van der Waals surface area contributed by atoms with E-state index in [0.29, 0.717) is 38.6 Å². The van der Waals surface area contributed by atoms with Crippen molar-refractivity contribution in [2.75, 3.05) is 39.0 Å². The first-order chi connectivity index (χ1) is 11.1. The molecule has 7 nitrogen and oxygen atoms in total. The summed E-state index contributed by atoms with van der Waals surface area (Å²) >= 11 is 0. The van der Waals surface area contributed by atoms with Crippen molar-refractivity contribution in [1.29, 1.82) is 0 Å². The molecule has 0 unspecified atom stereocenters. The molecule has 0 heterocycles. The molecule has 23 heavy (non-hydrogen) atoms. The lowest BCUT2D eigenvalue weighted by atomic mass is 10.3. The van der Waals surface area contributed by atoms with Gasteiger partial charge < -0.3 is 15.4 Å². The molecule has 0 saturated heterocycles. The first-order valence-corrected chi connectivity index (χ1v) is 9.32. The Morgan fingerprint density at radius 3 is 2.48 bits per heavy atom. The van der Waals surface area contributed by atoms with Crippen molar-refractivity contribution < 1.29 is 13.2 Å². The van der Waals surface area contributed by atoms with Crippen LogP contribution in [0.3, 0.4) is 0 Å². The van der Waals surface area contributed by atoms with Gasteiger partial charge >= 0.3 is 0 Å². The first kappa shape index (κ1) is 19.2. The fourth-order valence-electron chi connectivity index (χ4n) is 1.70. The first-order valence-electron chi connectivity index (χ1n) is 7.67. The fraction of sp³-hybridized carbons (Fsp3) is 0.533. The van der Waals surface area contributed by atoms with Crippen molar-refractivity contribution in [3.63, 3.8) is 0 Å². The molecule has 1 aromatic carbocycles. The monoisotopic (exact) mass is 342 g/mol. The van der Waals surface area contributed by atoms with Crippen LogP contribution in [0.25, 0.3) is 0 Å². The van der Waals surface area contributed by atoms with Gasteiger partial charge in [-0.25, -0.2) is 13.1 Å². The summed E-state index contributed by atoms with van der Waals surface area (Å²) in [5.74, 6) is 1.60. The Kier molecular flexibility index (Phi) is 9.08. The van der Waals surface area contributed by atoms with E-state index >= 15 is 0 Å². The number of sulfonamides is 1. The Labute approximate surface area is 138 Å². The van der Waals surface area contributed by atoms with Crippen LogP contribution < -0.4 is 20.1 Å². The molecule has 130 valence electrons. The van der Waals surface area contributed by atoms with Crippen molar-refractivity contribution >= 4 is 16.0 Å². The van der Waals surface area contributed by atoms with E-state index in [-0.39, 0.29) is 5.75 Å². The zero-order chi connectivity index (χ0) is 17.0. The van der Waals surface area contributed by atoms with Crippen LogP contribution in [0, 0.1) is 0 Å². The molecule has 0 aliphatic rings. The Balaban J connectivity index is 2.10. The minimum absolute atomic E-state index is 0.102. The van der Waals surface area contributed by atoms with Gasteiger partial charge in [0.2, 0.25) is 10.0 Å². The third kappa shape index (κ3) is 9.04. The van der Waals surface area contributed by atoms with Gasteiger partial charge in [0, 0.05) is 20.1 Å². The standard InChI is InChI=1S/C15H26N4O3S/c1-3-23(20,21)19-11-7-10-17-15(16-2)18-12-13-22-14-8-5-4-6-9-14/h4-6,8-9,19H,3,7,10-13H2,1-2H3,(H2,16,17,18). The predicted octanol–water partition coefficient (Wildman–Crippen LogP) is 0.560. The van der Waals surface area contributed by atoms with Crippen LogP contribution in [-0.2, 0) is 10.0 Å². The minimum atomic E-state index is -3.11. The summed E-state index contributed by atoms with van der Waals surface area (Å²) in [5.41, 5.74) is 0. The summed E-state index contributed by atoms with van der Waals surface area (Å²) in [5, 5.41) is 6.25. The zero-order valence-electron chi connectivity index (χ0n) is 13.7. The van der Waals surface area contributed by atoms with Crippen molar-refractivity contribution in [2.45, 2.75) is 13.3 Å². The van der Waals surface area contributed by atoms with E-state index in [0.717, 1.165) is 5.75 Å². The number of hydrogen-bond acceptors (Lipinski definition) is 4. The van der Waals surface area contributed by atoms with E-state index in [4.69, 9.17) is 4.74 Å². The van der Waals surface area contributed by atoms with Gasteiger partial charge in [-0.15, -0.1) is 0 Å². The summed E-state index contributed by atoms with van der Waals surface area (Å²) in [6, 6.07) is 9.61. The Bertz CT molecular complexity index is 561. The van der Waals surface area contributed by atoms with Crippen LogP contribution in [0.1, 0.15) is 13.3 Å². The van der Waals surface area contributed by atoms with E-state index in [2.05, 4.69) is 20.3 Å². The van der Waals surface area contributed by atoms with Crippen LogP contribution in [0.15, 0.2) is 35.3 Å². The highest BCUT2D eigenvalue weighted by atomic mass is 32.2. The predicted molar refractivity (Wildman–Crippen MR) is 93.4 cm³/mol. The molecule has 0 atom stereocenters. The number of rotatable bonds is 10. The largest absolute Gasteiger partial charge is 0.492 e. The summed E-state index contributed by atoms with van der Waals surface area (Å²) in [6.45, 7) is 3.81. The van der Waals surface area contributed by atoms with E-state index in [1.165, 1.54) is 0 Å². The van der Waals surface area contributed by atoms with Crippen molar-refractivity contribution in [3.8, 4) is 5.75 Å². The lowest BCUT2D eigenvalue weighted by molar-refractivity contribution is 0.322. The molecule has 0 radical (unpaired) electrons. The lowest BCUT2D eigenvalue weighted by Gasteiger charge is -2.12. The quantitative estimate of drug-likeness (QED) is 0.328. The zero-order valence-corrected chi connectivity index (χ0v) is 14.5. The van der Waals surface area contributed by atoms with Gasteiger partial charge in [-0.2, -0.15) is 0 Å². The minimum Gasteiger partial charge on any atom is -0.492 e. The topological polar surface area (TPSA) is 91.8 Å². The van der Waals surface area contributed by atoms with Gasteiger partial charge in [0.25, 0.3) is 0 Å². The van der Waals surface area contributed by atoms with Gasteiger partial charge in [0.15, 0.2) is 5.96 Å². The number of hydrogen-bond donors (Lipinski definition) is 3. The van der Waals surface area contributed by atoms with Gasteiger partial charge in [-0.3, -0.25) is 4.99 Å². The van der Waals surface area contributed by atoms with Crippen molar-refractivity contribution in [3.05, 3.63) is 30.3 Å². The van der Waals surface area contributed by atoms with Crippen molar-refractivity contribution in [1.82, 2.24) is 15.4 Å². The highest BCUT2D eigenvalue weighted by molar-refractivity contribution is 7.89. The number of nitrogens with one attached hydrogen (secondary N) is 3. The van der Waals surface area contributed by atoms with E-state index < -0.39 is 10.0 Å². The second kappa shape index (κ2) is 10.8. The number of nitrogens with zero attached hydrogens (tertiary/aromatic N) is 1. The molecule has 0 saturated carbocycles. The third-order valence-corrected chi connectivity index (χ3v) is 4.38. The van der Waals surface area contributed by atoms with Crippen LogP contribution in [0.4, 0.5) is 0 Å². The molecule has 0 amide bonds. The maximum Gasteiger partial charge on any atom is 0.211 e. The molecule has 0 aliphatic heterocycles. The van der Waals surface area contributed by atoms with E-state index in [1.54, 1.807) is 14.0 Å². The molecule has 1 rings (SSSR count). The fourth-order valence-corrected chi connectivity index (χ4v) is 2.36. The van der Waals surface area contributed by atoms with Crippen molar-refractivity contribution in [2.24, 2.45) is 4.99 Å². The smallest absolute Gasteiger partial charge is 0.211 e. The lowest BCUT2D eigenvalue weighted by Crippen LogP contribution is -2.40. The highest BCUT2D eigenvalue weighted by Gasteiger charge is 2.04. The number of aliphatic imine (C=N–C) groups is 1. The number of para-hydroxylation sites is 1. The second-order valence-corrected chi connectivity index (χ2v) is 6.83. The van der Waals surface area contributed by atoms with Crippen LogP contribution in [0.5, 0.6) is 5.75 Å². The molecule has 3 N–H and O–H groups in total. The number of guanidine groups is 1. The van der Waals surface area contributed by atoms with Gasteiger partial charge in [-0.05, 0) is 25.5 Å². The maximum atomic E-state index is 11.3. The van der Waals surface area contributed by atoms with Gasteiger partial charge in [-0.1, -0.05) is 18.2 Å². The van der Waals surface area contributed by atoms with Crippen LogP contribution >= 0.6 is 0 Å². The summed E-state index contributed by atoms with van der Waals surface area (Å²) in [7, 11) is -1.42.